The van der Waals surface area contributed by atoms with E-state index >= 15 is 0 Å². The van der Waals surface area contributed by atoms with Crippen LogP contribution in [0.2, 0.25) is 5.02 Å². The van der Waals surface area contributed by atoms with Gasteiger partial charge in [0.05, 0.1) is 17.7 Å². The van der Waals surface area contributed by atoms with Gasteiger partial charge >= 0.3 is 0 Å². The molecule has 1 unspecified atom stereocenters. The van der Waals surface area contributed by atoms with Gasteiger partial charge in [-0.2, -0.15) is 0 Å². The van der Waals surface area contributed by atoms with Crippen LogP contribution in [0.5, 0.6) is 0 Å². The number of methoxy groups -OCH3 is 1. The fourth-order valence-corrected chi connectivity index (χ4v) is 1.81. The molecule has 0 bridgehead atoms. The Labute approximate surface area is 103 Å². The van der Waals surface area contributed by atoms with Crippen molar-refractivity contribution in [3.63, 3.8) is 0 Å². The first-order chi connectivity index (χ1) is 8.13. The molecule has 0 fully saturated rings. The number of carbonyl (C=O) groups excluding carboxylic acids is 1. The van der Waals surface area contributed by atoms with Crippen LogP contribution in [0.3, 0.4) is 0 Å². The number of para-hydroxylation sites is 1. The summed E-state index contributed by atoms with van der Waals surface area (Å²) in [5, 5.41) is 1.26. The Bertz CT molecular complexity index is 550. The average molecular weight is 254 g/mol. The number of hydrogen-bond donors (Lipinski definition) is 1. The van der Waals surface area contributed by atoms with Gasteiger partial charge in [-0.15, -0.1) is 0 Å². The predicted octanol–water partition coefficient (Wildman–Crippen LogP) is 2.24. The summed E-state index contributed by atoms with van der Waals surface area (Å²) in [5.41, 5.74) is 6.15. The molecule has 0 spiro atoms. The molecule has 90 valence electrons. The van der Waals surface area contributed by atoms with Gasteiger partial charge in [0.2, 0.25) is 5.78 Å². The van der Waals surface area contributed by atoms with E-state index in [-0.39, 0.29) is 18.2 Å². The number of hydrogen-bond acceptors (Lipinski definition) is 4. The summed E-state index contributed by atoms with van der Waals surface area (Å²) in [6, 6.07) is 6.24. The normalized spacial score (nSPS) is 12.9. The molecule has 1 aromatic heterocycles. The van der Waals surface area contributed by atoms with Gasteiger partial charge in [0, 0.05) is 12.5 Å². The topological polar surface area (TPSA) is 65.5 Å². The smallest absolute Gasteiger partial charge is 0.216 e. The van der Waals surface area contributed by atoms with E-state index in [1.165, 1.54) is 7.11 Å². The molecular formula is C12H12ClNO3. The summed E-state index contributed by atoms with van der Waals surface area (Å²) < 4.78 is 10.2. The molecule has 0 aliphatic heterocycles. The Morgan fingerprint density at radius 1 is 1.59 bits per heavy atom. The molecule has 2 N–H and O–H groups in total. The van der Waals surface area contributed by atoms with Crippen molar-refractivity contribution in [2.24, 2.45) is 5.73 Å². The van der Waals surface area contributed by atoms with E-state index in [0.717, 1.165) is 5.39 Å². The second-order valence-corrected chi connectivity index (χ2v) is 4.10. The minimum atomic E-state index is -0.723. The third-order valence-electron chi connectivity index (χ3n) is 2.42. The minimum absolute atomic E-state index is 0.156. The quantitative estimate of drug-likeness (QED) is 0.849. The van der Waals surface area contributed by atoms with Gasteiger partial charge in [0.1, 0.15) is 0 Å². The third-order valence-corrected chi connectivity index (χ3v) is 2.72. The summed E-state index contributed by atoms with van der Waals surface area (Å²) >= 11 is 5.95. The highest BCUT2D eigenvalue weighted by Crippen LogP contribution is 2.26. The summed E-state index contributed by atoms with van der Waals surface area (Å²) in [6.07, 6.45) is 0. The Hall–Kier alpha value is -1.36. The molecule has 1 heterocycles. The van der Waals surface area contributed by atoms with E-state index in [9.17, 15) is 4.79 Å². The third kappa shape index (κ3) is 2.34. The SMILES string of the molecule is COCC(N)C(=O)c1cc2cccc(Cl)c2o1. The molecule has 0 amide bonds. The zero-order valence-corrected chi connectivity index (χ0v) is 10.0. The first kappa shape index (κ1) is 12.1. The zero-order valence-electron chi connectivity index (χ0n) is 9.27. The van der Waals surface area contributed by atoms with Crippen LogP contribution in [0.25, 0.3) is 11.0 Å². The number of Topliss-reactive ketones (excluding diaryl/α,β-unsaturated/α-hetero) is 1. The highest BCUT2D eigenvalue weighted by atomic mass is 35.5. The average Bonchev–Trinajstić information content (AvgIpc) is 2.73. The molecule has 17 heavy (non-hydrogen) atoms. The van der Waals surface area contributed by atoms with Gasteiger partial charge in [-0.05, 0) is 12.1 Å². The molecule has 1 aromatic carbocycles. The monoisotopic (exact) mass is 253 g/mol. The molecule has 1 atom stereocenters. The molecule has 0 aliphatic rings. The fraction of sp³-hybridized carbons (Fsp3) is 0.250. The maximum absolute atomic E-state index is 11.9. The van der Waals surface area contributed by atoms with Crippen LogP contribution in [0.4, 0.5) is 0 Å². The summed E-state index contributed by atoms with van der Waals surface area (Å²) in [6.45, 7) is 0.156. The predicted molar refractivity (Wildman–Crippen MR) is 65.4 cm³/mol. The van der Waals surface area contributed by atoms with E-state index in [1.807, 2.05) is 6.07 Å². The molecular weight excluding hydrogens is 242 g/mol. The van der Waals surface area contributed by atoms with Gasteiger partial charge in [0.15, 0.2) is 11.3 Å². The fourth-order valence-electron chi connectivity index (χ4n) is 1.59. The molecule has 0 saturated heterocycles. The van der Waals surface area contributed by atoms with Crippen LogP contribution in [0.1, 0.15) is 10.6 Å². The molecule has 5 heteroatoms. The summed E-state index contributed by atoms with van der Waals surface area (Å²) in [5.74, 6) is -0.0863. The number of halogens is 1. The lowest BCUT2D eigenvalue weighted by Gasteiger charge is -2.06. The van der Waals surface area contributed by atoms with Crippen LogP contribution in [-0.2, 0) is 4.74 Å². The Morgan fingerprint density at radius 2 is 2.35 bits per heavy atom. The number of ketones is 1. The molecule has 2 aromatic rings. The molecule has 0 radical (unpaired) electrons. The van der Waals surface area contributed by atoms with Crippen LogP contribution >= 0.6 is 11.6 Å². The van der Waals surface area contributed by atoms with E-state index in [1.54, 1.807) is 18.2 Å². The van der Waals surface area contributed by atoms with Crippen LogP contribution in [0, 0.1) is 0 Å². The van der Waals surface area contributed by atoms with E-state index in [2.05, 4.69) is 0 Å². The number of fused-ring (bicyclic) bond motifs is 1. The molecule has 0 saturated carbocycles. The summed E-state index contributed by atoms with van der Waals surface area (Å²) in [4.78, 5) is 11.9. The Morgan fingerprint density at radius 3 is 3.00 bits per heavy atom. The van der Waals surface area contributed by atoms with Crippen LogP contribution < -0.4 is 5.73 Å². The van der Waals surface area contributed by atoms with Crippen molar-refractivity contribution >= 4 is 28.4 Å². The van der Waals surface area contributed by atoms with Crippen LogP contribution in [-0.4, -0.2) is 25.5 Å². The maximum atomic E-state index is 11.9. The Balaban J connectivity index is 2.37. The number of benzene rings is 1. The van der Waals surface area contributed by atoms with Crippen LogP contribution in [0.15, 0.2) is 28.7 Å². The molecule has 0 aliphatic carbocycles. The van der Waals surface area contributed by atoms with Crippen molar-refractivity contribution in [1.29, 1.82) is 0 Å². The van der Waals surface area contributed by atoms with Gasteiger partial charge < -0.3 is 14.9 Å². The van der Waals surface area contributed by atoms with Gasteiger partial charge in [-0.25, -0.2) is 0 Å². The van der Waals surface area contributed by atoms with Crippen molar-refractivity contribution in [2.75, 3.05) is 13.7 Å². The highest BCUT2D eigenvalue weighted by Gasteiger charge is 2.20. The number of nitrogens with two attached hydrogens (primary N) is 1. The van der Waals surface area contributed by atoms with Gasteiger partial charge in [-0.3, -0.25) is 4.79 Å². The Kier molecular flexibility index (Phi) is 3.47. The second kappa shape index (κ2) is 4.87. The molecule has 2 rings (SSSR count). The summed E-state index contributed by atoms with van der Waals surface area (Å²) in [7, 11) is 1.49. The van der Waals surface area contributed by atoms with Crippen molar-refractivity contribution in [3.05, 3.63) is 35.0 Å². The number of rotatable bonds is 4. The van der Waals surface area contributed by atoms with E-state index in [4.69, 9.17) is 26.5 Å². The lowest BCUT2D eigenvalue weighted by atomic mass is 10.1. The first-order valence-corrected chi connectivity index (χ1v) is 5.48. The number of ether oxygens (including phenoxy) is 1. The molecule has 4 nitrogen and oxygen atoms in total. The highest BCUT2D eigenvalue weighted by molar-refractivity contribution is 6.34. The van der Waals surface area contributed by atoms with Crippen molar-refractivity contribution < 1.29 is 13.9 Å². The first-order valence-electron chi connectivity index (χ1n) is 5.10. The number of carbonyl (C=O) groups is 1. The van der Waals surface area contributed by atoms with Gasteiger partial charge in [0.25, 0.3) is 0 Å². The lowest BCUT2D eigenvalue weighted by Crippen LogP contribution is -2.34. The lowest BCUT2D eigenvalue weighted by molar-refractivity contribution is 0.0867. The van der Waals surface area contributed by atoms with Gasteiger partial charge in [-0.1, -0.05) is 23.7 Å². The second-order valence-electron chi connectivity index (χ2n) is 3.69. The maximum Gasteiger partial charge on any atom is 0.216 e. The van der Waals surface area contributed by atoms with E-state index < -0.39 is 6.04 Å². The van der Waals surface area contributed by atoms with Crippen molar-refractivity contribution in [2.45, 2.75) is 6.04 Å². The number of furan rings is 1. The van der Waals surface area contributed by atoms with Crippen molar-refractivity contribution in [3.8, 4) is 0 Å². The van der Waals surface area contributed by atoms with Crippen molar-refractivity contribution in [1.82, 2.24) is 0 Å². The van der Waals surface area contributed by atoms with E-state index in [0.29, 0.717) is 10.6 Å². The minimum Gasteiger partial charge on any atom is -0.451 e. The standard InChI is InChI=1S/C12H12ClNO3/c1-16-6-9(14)11(15)10-5-7-3-2-4-8(13)12(7)17-10/h2-5,9H,6,14H2,1H3. The zero-order chi connectivity index (χ0) is 12.4. The largest absolute Gasteiger partial charge is 0.451 e.